The molecule has 0 aliphatic carbocycles. The van der Waals surface area contributed by atoms with E-state index in [1.807, 2.05) is 0 Å². The molecule has 2 amide bonds. The van der Waals surface area contributed by atoms with Crippen molar-refractivity contribution < 1.29 is 13.6 Å². The Labute approximate surface area is 136 Å². The van der Waals surface area contributed by atoms with E-state index >= 15 is 0 Å². The van der Waals surface area contributed by atoms with Gasteiger partial charge in [0, 0.05) is 16.1 Å². The lowest BCUT2D eigenvalue weighted by Crippen LogP contribution is -2.31. The van der Waals surface area contributed by atoms with Gasteiger partial charge in [0.2, 0.25) is 0 Å². The Hall–Kier alpha value is -1.85. The molecule has 1 unspecified atom stereocenters. The average Bonchev–Trinajstić information content (AvgIpc) is 2.41. The summed E-state index contributed by atoms with van der Waals surface area (Å²) in [6.07, 6.45) is 0. The third-order valence-corrected chi connectivity index (χ3v) is 3.52. The van der Waals surface area contributed by atoms with Crippen LogP contribution in [0.5, 0.6) is 0 Å². The largest absolute Gasteiger partial charge is 0.331 e. The van der Waals surface area contributed by atoms with Gasteiger partial charge in [-0.15, -0.1) is 0 Å². The number of rotatable bonds is 3. The van der Waals surface area contributed by atoms with Gasteiger partial charge in [0.1, 0.15) is 11.6 Å². The van der Waals surface area contributed by atoms with Gasteiger partial charge < -0.3 is 10.6 Å². The van der Waals surface area contributed by atoms with Crippen molar-refractivity contribution in [3.8, 4) is 0 Å². The van der Waals surface area contributed by atoms with E-state index in [-0.39, 0.29) is 5.69 Å². The Kier molecular flexibility index (Phi) is 5.21. The summed E-state index contributed by atoms with van der Waals surface area (Å²) >= 11 is 11.9. The molecule has 0 aliphatic rings. The maximum atomic E-state index is 13.5. The Morgan fingerprint density at radius 2 is 1.86 bits per heavy atom. The van der Waals surface area contributed by atoms with Gasteiger partial charge in [-0.2, -0.15) is 0 Å². The van der Waals surface area contributed by atoms with Crippen molar-refractivity contribution in [2.45, 2.75) is 13.0 Å². The molecule has 2 N–H and O–H groups in total. The third kappa shape index (κ3) is 4.08. The van der Waals surface area contributed by atoms with Crippen LogP contribution in [0.4, 0.5) is 19.3 Å². The molecule has 0 bridgehead atoms. The second-order valence-corrected chi connectivity index (χ2v) is 5.45. The van der Waals surface area contributed by atoms with E-state index in [9.17, 15) is 13.6 Å². The lowest BCUT2D eigenvalue weighted by molar-refractivity contribution is 0.249. The molecule has 0 aliphatic heterocycles. The summed E-state index contributed by atoms with van der Waals surface area (Å²) in [5.74, 6) is -1.57. The molecule has 2 aromatic rings. The maximum absolute atomic E-state index is 13.5. The molecular formula is C15H12Cl2F2N2O. The second-order valence-electron chi connectivity index (χ2n) is 4.61. The first-order chi connectivity index (χ1) is 10.4. The Morgan fingerprint density at radius 1 is 1.14 bits per heavy atom. The van der Waals surface area contributed by atoms with Crippen LogP contribution in [0.1, 0.15) is 18.5 Å². The minimum absolute atomic E-state index is 0.117. The zero-order chi connectivity index (χ0) is 16.3. The van der Waals surface area contributed by atoms with Crippen LogP contribution in [0.2, 0.25) is 10.0 Å². The van der Waals surface area contributed by atoms with Crippen LogP contribution < -0.4 is 10.6 Å². The van der Waals surface area contributed by atoms with Gasteiger partial charge in [0.05, 0.1) is 11.7 Å². The van der Waals surface area contributed by atoms with E-state index < -0.39 is 23.7 Å². The van der Waals surface area contributed by atoms with E-state index in [4.69, 9.17) is 23.2 Å². The van der Waals surface area contributed by atoms with Crippen LogP contribution >= 0.6 is 23.2 Å². The molecule has 0 saturated carbocycles. The SMILES string of the molecule is CC(NC(=O)Nc1ccc(F)cc1F)c1ccc(Cl)cc1Cl. The van der Waals surface area contributed by atoms with E-state index in [1.165, 1.54) is 0 Å². The fraction of sp³-hybridized carbons (Fsp3) is 0.133. The summed E-state index contributed by atoms with van der Waals surface area (Å²) < 4.78 is 26.3. The average molecular weight is 345 g/mol. The van der Waals surface area contributed by atoms with Crippen LogP contribution in [-0.2, 0) is 0 Å². The molecule has 0 heterocycles. The van der Waals surface area contributed by atoms with Crippen molar-refractivity contribution in [2.75, 3.05) is 5.32 Å². The van der Waals surface area contributed by atoms with Crippen LogP contribution in [-0.4, -0.2) is 6.03 Å². The fourth-order valence-electron chi connectivity index (χ4n) is 1.88. The highest BCUT2D eigenvalue weighted by molar-refractivity contribution is 6.35. The zero-order valence-electron chi connectivity index (χ0n) is 11.5. The number of hydrogen-bond donors (Lipinski definition) is 2. The first kappa shape index (κ1) is 16.5. The number of hydrogen-bond acceptors (Lipinski definition) is 1. The van der Waals surface area contributed by atoms with E-state index in [1.54, 1.807) is 25.1 Å². The molecule has 116 valence electrons. The lowest BCUT2D eigenvalue weighted by atomic mass is 10.1. The van der Waals surface area contributed by atoms with Crippen LogP contribution in [0.15, 0.2) is 36.4 Å². The molecule has 2 rings (SSSR count). The number of urea groups is 1. The first-order valence-corrected chi connectivity index (χ1v) is 7.10. The van der Waals surface area contributed by atoms with Crippen molar-refractivity contribution in [2.24, 2.45) is 0 Å². The van der Waals surface area contributed by atoms with Gasteiger partial charge in [0.25, 0.3) is 0 Å². The second kappa shape index (κ2) is 6.94. The number of amides is 2. The number of carbonyl (C=O) groups is 1. The molecular weight excluding hydrogens is 333 g/mol. The van der Waals surface area contributed by atoms with Gasteiger partial charge in [-0.1, -0.05) is 29.3 Å². The smallest absolute Gasteiger partial charge is 0.319 e. The van der Waals surface area contributed by atoms with Crippen LogP contribution in [0.3, 0.4) is 0 Å². The Balaban J connectivity index is 2.05. The molecule has 0 aromatic heterocycles. The maximum Gasteiger partial charge on any atom is 0.319 e. The zero-order valence-corrected chi connectivity index (χ0v) is 13.0. The lowest BCUT2D eigenvalue weighted by Gasteiger charge is -2.16. The number of nitrogens with one attached hydrogen (secondary N) is 2. The highest BCUT2D eigenvalue weighted by Crippen LogP contribution is 2.26. The fourth-order valence-corrected chi connectivity index (χ4v) is 2.45. The molecule has 2 aromatic carbocycles. The predicted octanol–water partition coefficient (Wildman–Crippen LogP) is 5.15. The van der Waals surface area contributed by atoms with Crippen molar-refractivity contribution in [3.05, 3.63) is 63.6 Å². The standard InChI is InChI=1S/C15H12Cl2F2N2O/c1-8(11-4-2-9(16)6-12(11)17)20-15(22)21-14-5-3-10(18)7-13(14)19/h2-8H,1H3,(H2,20,21,22). The van der Waals surface area contributed by atoms with Gasteiger partial charge in [-0.25, -0.2) is 13.6 Å². The molecule has 0 radical (unpaired) electrons. The van der Waals surface area contributed by atoms with Crippen molar-refractivity contribution in [1.82, 2.24) is 5.32 Å². The van der Waals surface area contributed by atoms with Crippen LogP contribution in [0.25, 0.3) is 0 Å². The van der Waals surface area contributed by atoms with Crippen molar-refractivity contribution >= 4 is 34.9 Å². The van der Waals surface area contributed by atoms with Crippen LogP contribution in [0, 0.1) is 11.6 Å². The molecule has 0 fully saturated rings. The molecule has 3 nitrogen and oxygen atoms in total. The minimum Gasteiger partial charge on any atom is -0.331 e. The van der Waals surface area contributed by atoms with Gasteiger partial charge in [-0.05, 0) is 36.8 Å². The summed E-state index contributed by atoms with van der Waals surface area (Å²) in [6.45, 7) is 1.72. The number of carbonyl (C=O) groups excluding carboxylic acids is 1. The van der Waals surface area contributed by atoms with Crippen molar-refractivity contribution in [1.29, 1.82) is 0 Å². The number of anilines is 1. The number of halogens is 4. The summed E-state index contributed by atoms with van der Waals surface area (Å²) in [6, 6.07) is 6.73. The molecule has 0 spiro atoms. The van der Waals surface area contributed by atoms with Gasteiger partial charge in [-0.3, -0.25) is 0 Å². The summed E-state index contributed by atoms with van der Waals surface area (Å²) in [7, 11) is 0. The summed E-state index contributed by atoms with van der Waals surface area (Å²) in [5.41, 5.74) is 0.550. The van der Waals surface area contributed by atoms with E-state index in [2.05, 4.69) is 10.6 Å². The number of benzene rings is 2. The monoisotopic (exact) mass is 344 g/mol. The molecule has 7 heteroatoms. The highest BCUT2D eigenvalue weighted by atomic mass is 35.5. The summed E-state index contributed by atoms with van der Waals surface area (Å²) in [5, 5.41) is 5.81. The summed E-state index contributed by atoms with van der Waals surface area (Å²) in [4.78, 5) is 11.9. The predicted molar refractivity (Wildman–Crippen MR) is 83.4 cm³/mol. The molecule has 0 saturated heterocycles. The molecule has 1 atom stereocenters. The van der Waals surface area contributed by atoms with Crippen molar-refractivity contribution in [3.63, 3.8) is 0 Å². The highest BCUT2D eigenvalue weighted by Gasteiger charge is 2.14. The Bertz CT molecular complexity index is 710. The first-order valence-electron chi connectivity index (χ1n) is 6.34. The topological polar surface area (TPSA) is 41.1 Å². The third-order valence-electron chi connectivity index (χ3n) is 2.96. The van der Waals surface area contributed by atoms with E-state index in [0.29, 0.717) is 21.7 Å². The quantitative estimate of drug-likeness (QED) is 0.793. The van der Waals surface area contributed by atoms with E-state index in [0.717, 1.165) is 12.1 Å². The molecule has 22 heavy (non-hydrogen) atoms. The van der Waals surface area contributed by atoms with Gasteiger partial charge in [0.15, 0.2) is 0 Å². The minimum atomic E-state index is -0.854. The van der Waals surface area contributed by atoms with Gasteiger partial charge >= 0.3 is 6.03 Å². The normalized spacial score (nSPS) is 11.9. The Morgan fingerprint density at radius 3 is 2.50 bits per heavy atom.